The van der Waals surface area contributed by atoms with Gasteiger partial charge in [0, 0.05) is 36.2 Å². The molecule has 1 aromatic heterocycles. The second-order valence-corrected chi connectivity index (χ2v) is 7.32. The summed E-state index contributed by atoms with van der Waals surface area (Å²) in [5, 5.41) is 18.2. The number of aromatic nitrogens is 1. The molecule has 0 saturated carbocycles. The number of nitro groups is 1. The van der Waals surface area contributed by atoms with Crippen LogP contribution in [0.3, 0.4) is 0 Å². The van der Waals surface area contributed by atoms with Crippen molar-refractivity contribution in [3.63, 3.8) is 0 Å². The molecule has 0 aliphatic rings. The van der Waals surface area contributed by atoms with Crippen molar-refractivity contribution in [3.8, 4) is 11.5 Å². The molecule has 0 aliphatic heterocycles. The first kappa shape index (κ1) is 22.7. The van der Waals surface area contributed by atoms with E-state index < -0.39 is 10.8 Å². The van der Waals surface area contributed by atoms with Crippen LogP contribution in [-0.2, 0) is 6.61 Å². The molecule has 0 bridgehead atoms. The first-order chi connectivity index (χ1) is 15.5. The number of carbonyl (C=O) groups excluding carboxylic acids is 2. The summed E-state index contributed by atoms with van der Waals surface area (Å²) >= 11 is 1.30. The maximum atomic E-state index is 12.2. The predicted molar refractivity (Wildman–Crippen MR) is 117 cm³/mol. The number of carbonyl (C=O) groups is 2. The lowest BCUT2D eigenvalue weighted by atomic mass is 10.2. The molecule has 0 spiro atoms. The van der Waals surface area contributed by atoms with E-state index in [9.17, 15) is 19.7 Å². The van der Waals surface area contributed by atoms with E-state index >= 15 is 0 Å². The van der Waals surface area contributed by atoms with Gasteiger partial charge in [-0.3, -0.25) is 19.7 Å². The Morgan fingerprint density at radius 1 is 1.03 bits per heavy atom. The fraction of sp³-hybridized carbons (Fsp3) is 0.190. The molecule has 0 radical (unpaired) electrons. The first-order valence-corrected chi connectivity index (χ1v) is 10.4. The molecular formula is C21H20N4O6S. The first-order valence-electron chi connectivity index (χ1n) is 9.49. The summed E-state index contributed by atoms with van der Waals surface area (Å²) in [5.74, 6) is 0.436. The summed E-state index contributed by atoms with van der Waals surface area (Å²) < 4.78 is 10.9. The van der Waals surface area contributed by atoms with Crippen molar-refractivity contribution < 1.29 is 24.0 Å². The van der Waals surface area contributed by atoms with Gasteiger partial charge in [0.15, 0.2) is 11.5 Å². The number of thiazole rings is 1. The highest BCUT2D eigenvalue weighted by molar-refractivity contribution is 7.09. The van der Waals surface area contributed by atoms with Crippen molar-refractivity contribution in [2.75, 3.05) is 20.2 Å². The van der Waals surface area contributed by atoms with Gasteiger partial charge in [-0.15, -0.1) is 11.3 Å². The summed E-state index contributed by atoms with van der Waals surface area (Å²) in [5.41, 5.74) is 0.459. The molecule has 11 heteroatoms. The monoisotopic (exact) mass is 456 g/mol. The van der Waals surface area contributed by atoms with Crippen LogP contribution in [0.4, 0.5) is 5.69 Å². The lowest BCUT2D eigenvalue weighted by Crippen LogP contribution is -2.34. The number of nitro benzene ring substituents is 1. The van der Waals surface area contributed by atoms with E-state index in [-0.39, 0.29) is 37.0 Å². The molecule has 0 aliphatic carbocycles. The quantitative estimate of drug-likeness (QED) is 0.272. The van der Waals surface area contributed by atoms with E-state index in [0.29, 0.717) is 22.1 Å². The Bertz CT molecular complexity index is 1100. The van der Waals surface area contributed by atoms with Crippen LogP contribution in [0.15, 0.2) is 53.9 Å². The zero-order chi connectivity index (χ0) is 22.9. The largest absolute Gasteiger partial charge is 0.493 e. The molecule has 10 nitrogen and oxygen atoms in total. The van der Waals surface area contributed by atoms with Gasteiger partial charge < -0.3 is 20.1 Å². The summed E-state index contributed by atoms with van der Waals surface area (Å²) in [6.45, 7) is 0.585. The Hall–Kier alpha value is -3.99. The second kappa shape index (κ2) is 10.9. The number of amides is 2. The van der Waals surface area contributed by atoms with Gasteiger partial charge in [0.25, 0.3) is 17.5 Å². The van der Waals surface area contributed by atoms with Crippen LogP contribution >= 0.6 is 11.3 Å². The highest BCUT2D eigenvalue weighted by Gasteiger charge is 2.13. The second-order valence-electron chi connectivity index (χ2n) is 6.38. The van der Waals surface area contributed by atoms with E-state index in [1.54, 1.807) is 24.6 Å². The summed E-state index contributed by atoms with van der Waals surface area (Å²) in [4.78, 5) is 38.7. The summed E-state index contributed by atoms with van der Waals surface area (Å²) in [6, 6.07) is 12.5. The molecule has 2 amide bonds. The van der Waals surface area contributed by atoms with Gasteiger partial charge in [-0.05, 0) is 24.3 Å². The Labute approximate surface area is 187 Å². The van der Waals surface area contributed by atoms with Crippen LogP contribution < -0.4 is 20.1 Å². The Kier molecular flexibility index (Phi) is 7.70. The Balaban J connectivity index is 1.42. The average molecular weight is 456 g/mol. The van der Waals surface area contributed by atoms with Crippen molar-refractivity contribution in [2.24, 2.45) is 0 Å². The zero-order valence-electron chi connectivity index (χ0n) is 17.1. The average Bonchev–Trinajstić information content (AvgIpc) is 3.29. The highest BCUT2D eigenvalue weighted by Crippen LogP contribution is 2.27. The normalized spacial score (nSPS) is 10.3. The van der Waals surface area contributed by atoms with Crippen LogP contribution in [0, 0.1) is 10.1 Å². The number of non-ortho nitro benzene ring substituents is 1. The number of benzene rings is 2. The van der Waals surface area contributed by atoms with E-state index in [0.717, 1.165) is 0 Å². The topological polar surface area (TPSA) is 133 Å². The zero-order valence-corrected chi connectivity index (χ0v) is 17.9. The number of rotatable bonds is 10. The number of hydrogen-bond acceptors (Lipinski definition) is 8. The molecule has 0 fully saturated rings. The van der Waals surface area contributed by atoms with Gasteiger partial charge in [0.1, 0.15) is 17.3 Å². The standard InChI is InChI=1S/C21H20N4O6S/c1-30-17-4-2-3-5-18(17)31-12-19-24-16(13-32-19)21(27)23-11-10-22-20(26)14-6-8-15(9-7-14)25(28)29/h2-9,13H,10-12H2,1H3,(H,22,26)(H,23,27). The van der Waals surface area contributed by atoms with Crippen molar-refractivity contribution in [1.29, 1.82) is 0 Å². The molecule has 1 heterocycles. The molecule has 2 N–H and O–H groups in total. The summed E-state index contributed by atoms with van der Waals surface area (Å²) in [7, 11) is 1.56. The molecule has 0 atom stereocenters. The maximum absolute atomic E-state index is 12.2. The minimum Gasteiger partial charge on any atom is -0.493 e. The van der Waals surface area contributed by atoms with Crippen LogP contribution in [0.5, 0.6) is 11.5 Å². The van der Waals surface area contributed by atoms with Crippen LogP contribution in [0.1, 0.15) is 25.9 Å². The molecule has 2 aromatic carbocycles. The van der Waals surface area contributed by atoms with Gasteiger partial charge in [0.2, 0.25) is 0 Å². The number of ether oxygens (including phenoxy) is 2. The van der Waals surface area contributed by atoms with E-state index in [1.807, 2.05) is 12.1 Å². The van der Waals surface area contributed by atoms with Gasteiger partial charge in [-0.25, -0.2) is 4.98 Å². The molecule has 0 saturated heterocycles. The Morgan fingerprint density at radius 3 is 2.34 bits per heavy atom. The van der Waals surface area contributed by atoms with Gasteiger partial charge in [0.05, 0.1) is 12.0 Å². The minimum absolute atomic E-state index is 0.0928. The van der Waals surface area contributed by atoms with E-state index in [1.165, 1.54) is 35.6 Å². The molecule has 32 heavy (non-hydrogen) atoms. The lowest BCUT2D eigenvalue weighted by molar-refractivity contribution is -0.384. The van der Waals surface area contributed by atoms with Crippen LogP contribution in [0.25, 0.3) is 0 Å². The molecule has 0 unspecified atom stereocenters. The fourth-order valence-electron chi connectivity index (χ4n) is 2.64. The lowest BCUT2D eigenvalue weighted by Gasteiger charge is -2.08. The highest BCUT2D eigenvalue weighted by atomic mass is 32.1. The van der Waals surface area contributed by atoms with Crippen LogP contribution in [0.2, 0.25) is 0 Å². The maximum Gasteiger partial charge on any atom is 0.270 e. The van der Waals surface area contributed by atoms with Crippen molar-refractivity contribution in [3.05, 3.63) is 80.3 Å². The number of nitrogens with zero attached hydrogens (tertiary/aromatic N) is 2. The number of methoxy groups -OCH3 is 1. The summed E-state index contributed by atoms with van der Waals surface area (Å²) in [6.07, 6.45) is 0. The van der Waals surface area contributed by atoms with Crippen molar-refractivity contribution >= 4 is 28.8 Å². The smallest absolute Gasteiger partial charge is 0.270 e. The third-order valence-corrected chi connectivity index (χ3v) is 5.06. The third-order valence-electron chi connectivity index (χ3n) is 4.24. The fourth-order valence-corrected chi connectivity index (χ4v) is 3.32. The molecule has 166 valence electrons. The predicted octanol–water partition coefficient (Wildman–Crippen LogP) is 2.80. The SMILES string of the molecule is COc1ccccc1OCc1nc(C(=O)NCCNC(=O)c2ccc([N+](=O)[O-])cc2)cs1. The number of hydrogen-bond donors (Lipinski definition) is 2. The van der Waals surface area contributed by atoms with E-state index in [2.05, 4.69) is 15.6 Å². The molecule has 3 rings (SSSR count). The van der Waals surface area contributed by atoms with Gasteiger partial charge >= 0.3 is 0 Å². The van der Waals surface area contributed by atoms with Crippen LogP contribution in [-0.4, -0.2) is 41.9 Å². The minimum atomic E-state index is -0.536. The van der Waals surface area contributed by atoms with E-state index in [4.69, 9.17) is 9.47 Å². The van der Waals surface area contributed by atoms with Crippen molar-refractivity contribution in [1.82, 2.24) is 15.6 Å². The molecular weight excluding hydrogens is 436 g/mol. The molecule has 3 aromatic rings. The van der Waals surface area contributed by atoms with Gasteiger partial charge in [-0.1, -0.05) is 12.1 Å². The third kappa shape index (κ3) is 6.01. The number of para-hydroxylation sites is 2. The van der Waals surface area contributed by atoms with Crippen molar-refractivity contribution in [2.45, 2.75) is 6.61 Å². The Morgan fingerprint density at radius 2 is 1.69 bits per heavy atom. The number of nitrogens with one attached hydrogen (secondary N) is 2. The van der Waals surface area contributed by atoms with Gasteiger partial charge in [-0.2, -0.15) is 0 Å².